The smallest absolute Gasteiger partial charge is 0.190 e. The van der Waals surface area contributed by atoms with Crippen LogP contribution >= 0.6 is 0 Å². The van der Waals surface area contributed by atoms with Crippen LogP contribution in [0, 0.1) is 0 Å². The molecule has 0 bridgehead atoms. The van der Waals surface area contributed by atoms with E-state index in [1.54, 1.807) is 0 Å². The molecule has 3 rings (SSSR count). The van der Waals surface area contributed by atoms with E-state index in [0.717, 1.165) is 0 Å². The SMILES string of the molecule is CC1(C)O[C@@H]2O[C@@H](CN=[N+]=[N-])[C@H]3OC(C)(C)O[C@H]3[C@H]2O1. The molecule has 8 heteroatoms. The molecule has 0 N–H and O–H groups in total. The lowest BCUT2D eigenvalue weighted by Gasteiger charge is -2.36. The molecule has 0 aromatic heterocycles. The van der Waals surface area contributed by atoms with Gasteiger partial charge in [0.1, 0.15) is 18.3 Å². The fourth-order valence-electron chi connectivity index (χ4n) is 2.96. The van der Waals surface area contributed by atoms with E-state index in [1.165, 1.54) is 0 Å². The zero-order valence-corrected chi connectivity index (χ0v) is 12.0. The van der Waals surface area contributed by atoms with Crippen molar-refractivity contribution in [2.24, 2.45) is 5.11 Å². The summed E-state index contributed by atoms with van der Waals surface area (Å²) in [6.07, 6.45) is -1.93. The molecule has 3 aliphatic rings. The lowest BCUT2D eigenvalue weighted by molar-refractivity contribution is -0.231. The summed E-state index contributed by atoms with van der Waals surface area (Å²) in [4.78, 5) is 2.77. The second-order valence-corrected chi connectivity index (χ2v) is 6.12. The summed E-state index contributed by atoms with van der Waals surface area (Å²) in [7, 11) is 0. The van der Waals surface area contributed by atoms with Crippen molar-refractivity contribution >= 4 is 0 Å². The minimum atomic E-state index is -0.733. The number of hydrogen-bond donors (Lipinski definition) is 0. The van der Waals surface area contributed by atoms with E-state index in [1.807, 2.05) is 27.7 Å². The molecule has 3 fully saturated rings. The lowest BCUT2D eigenvalue weighted by Crippen LogP contribution is -2.55. The molecule has 0 aromatic rings. The first kappa shape index (κ1) is 14.1. The quantitative estimate of drug-likeness (QED) is 0.437. The molecule has 0 unspecified atom stereocenters. The maximum absolute atomic E-state index is 8.49. The first-order valence-corrected chi connectivity index (χ1v) is 6.69. The van der Waals surface area contributed by atoms with E-state index in [2.05, 4.69) is 10.0 Å². The maximum Gasteiger partial charge on any atom is 0.190 e. The molecule has 3 saturated heterocycles. The van der Waals surface area contributed by atoms with E-state index >= 15 is 0 Å². The molecule has 0 radical (unpaired) electrons. The Morgan fingerprint density at radius 3 is 2.25 bits per heavy atom. The van der Waals surface area contributed by atoms with Gasteiger partial charge in [-0.3, -0.25) is 0 Å². The van der Waals surface area contributed by atoms with Gasteiger partial charge in [0.2, 0.25) is 0 Å². The average molecular weight is 285 g/mol. The molecule has 3 heterocycles. The first-order valence-electron chi connectivity index (χ1n) is 6.69. The van der Waals surface area contributed by atoms with Crippen LogP contribution in [-0.4, -0.2) is 48.8 Å². The van der Waals surface area contributed by atoms with Crippen LogP contribution in [-0.2, 0) is 23.7 Å². The van der Waals surface area contributed by atoms with E-state index in [9.17, 15) is 0 Å². The van der Waals surface area contributed by atoms with Crippen molar-refractivity contribution < 1.29 is 23.7 Å². The van der Waals surface area contributed by atoms with Gasteiger partial charge in [0.25, 0.3) is 0 Å². The summed E-state index contributed by atoms with van der Waals surface area (Å²) in [5.41, 5.74) is 8.49. The van der Waals surface area contributed by atoms with E-state index in [0.29, 0.717) is 0 Å². The monoisotopic (exact) mass is 285 g/mol. The number of fused-ring (bicyclic) bond motifs is 3. The Hall–Kier alpha value is -0.890. The molecule has 8 nitrogen and oxygen atoms in total. The Bertz CT molecular complexity index is 448. The van der Waals surface area contributed by atoms with Gasteiger partial charge in [0.15, 0.2) is 17.9 Å². The van der Waals surface area contributed by atoms with Crippen molar-refractivity contribution in [3.8, 4) is 0 Å². The second-order valence-electron chi connectivity index (χ2n) is 6.12. The summed E-state index contributed by atoms with van der Waals surface area (Å²) >= 11 is 0. The highest BCUT2D eigenvalue weighted by Gasteiger charge is 2.60. The van der Waals surface area contributed by atoms with Crippen LogP contribution in [0.25, 0.3) is 10.4 Å². The van der Waals surface area contributed by atoms with Crippen LogP contribution in [0.15, 0.2) is 5.11 Å². The number of rotatable bonds is 2. The normalized spacial score (nSPS) is 44.5. The van der Waals surface area contributed by atoms with Crippen molar-refractivity contribution in [3.05, 3.63) is 10.4 Å². The fraction of sp³-hybridized carbons (Fsp3) is 1.00. The van der Waals surface area contributed by atoms with Gasteiger partial charge in [-0.15, -0.1) is 0 Å². The minimum absolute atomic E-state index is 0.171. The summed E-state index contributed by atoms with van der Waals surface area (Å²) in [6, 6.07) is 0. The molecular formula is C12H19N3O5. The Balaban J connectivity index is 1.85. The number of nitrogens with zero attached hydrogens (tertiary/aromatic N) is 3. The zero-order valence-electron chi connectivity index (χ0n) is 12.0. The summed E-state index contributed by atoms with van der Waals surface area (Å²) in [5.74, 6) is -1.46. The number of azide groups is 1. The first-order chi connectivity index (χ1) is 9.31. The van der Waals surface area contributed by atoms with Gasteiger partial charge in [-0.1, -0.05) is 5.11 Å². The highest BCUT2D eigenvalue weighted by molar-refractivity contribution is 5.00. The molecule has 0 spiro atoms. The summed E-state index contributed by atoms with van der Waals surface area (Å²) < 4.78 is 29.2. The van der Waals surface area contributed by atoms with Crippen LogP contribution < -0.4 is 0 Å². The highest BCUT2D eigenvalue weighted by Crippen LogP contribution is 2.44. The second kappa shape index (κ2) is 4.56. The van der Waals surface area contributed by atoms with Crippen LogP contribution in [0.3, 0.4) is 0 Å². The molecule has 0 aliphatic carbocycles. The average Bonchev–Trinajstić information content (AvgIpc) is 2.80. The van der Waals surface area contributed by atoms with Gasteiger partial charge in [-0.2, -0.15) is 0 Å². The third kappa shape index (κ3) is 2.39. The maximum atomic E-state index is 8.49. The molecule has 112 valence electrons. The highest BCUT2D eigenvalue weighted by atomic mass is 16.9. The van der Waals surface area contributed by atoms with Crippen LogP contribution in [0.1, 0.15) is 27.7 Å². The third-order valence-electron chi connectivity index (χ3n) is 3.58. The van der Waals surface area contributed by atoms with E-state index < -0.39 is 24.0 Å². The fourth-order valence-corrected chi connectivity index (χ4v) is 2.96. The Morgan fingerprint density at radius 1 is 0.950 bits per heavy atom. The van der Waals surface area contributed by atoms with Gasteiger partial charge in [-0.05, 0) is 33.2 Å². The zero-order chi connectivity index (χ0) is 14.5. The van der Waals surface area contributed by atoms with Crippen LogP contribution in [0.5, 0.6) is 0 Å². The molecule has 0 aromatic carbocycles. The van der Waals surface area contributed by atoms with Crippen molar-refractivity contribution in [2.75, 3.05) is 6.54 Å². The third-order valence-corrected chi connectivity index (χ3v) is 3.58. The Labute approximate surface area is 116 Å². The standard InChI is InChI=1S/C12H19N3O5/c1-11(2)17-7-6(5-14-15-13)16-10-9(8(7)18-11)19-12(3,4)20-10/h6-10H,5H2,1-4H3/t6-,7+,8+,9+,10-/m0/s1. The van der Waals surface area contributed by atoms with Crippen molar-refractivity contribution in [1.82, 2.24) is 0 Å². The number of hydrogen-bond acceptors (Lipinski definition) is 6. The summed E-state index contributed by atoms with van der Waals surface area (Å²) in [5, 5.41) is 3.58. The minimum Gasteiger partial charge on any atom is -0.344 e. The van der Waals surface area contributed by atoms with Gasteiger partial charge in [0, 0.05) is 4.91 Å². The number of ether oxygens (including phenoxy) is 5. The topological polar surface area (TPSA) is 94.9 Å². The Morgan fingerprint density at radius 2 is 1.55 bits per heavy atom. The molecule has 20 heavy (non-hydrogen) atoms. The molecular weight excluding hydrogens is 266 g/mol. The molecule has 3 aliphatic heterocycles. The Kier molecular flexibility index (Phi) is 3.20. The van der Waals surface area contributed by atoms with Gasteiger partial charge in [0.05, 0.1) is 12.6 Å². The van der Waals surface area contributed by atoms with Gasteiger partial charge >= 0.3 is 0 Å². The summed E-state index contributed by atoms with van der Waals surface area (Å²) in [6.45, 7) is 7.50. The predicted molar refractivity (Wildman–Crippen MR) is 66.5 cm³/mol. The van der Waals surface area contributed by atoms with Crippen molar-refractivity contribution in [1.29, 1.82) is 0 Å². The van der Waals surface area contributed by atoms with Crippen LogP contribution in [0.4, 0.5) is 0 Å². The van der Waals surface area contributed by atoms with Gasteiger partial charge in [-0.25, -0.2) is 0 Å². The molecule has 5 atom stereocenters. The van der Waals surface area contributed by atoms with Crippen LogP contribution in [0.2, 0.25) is 0 Å². The molecule has 0 amide bonds. The largest absolute Gasteiger partial charge is 0.344 e. The predicted octanol–water partition coefficient (Wildman–Crippen LogP) is 1.69. The molecule has 0 saturated carbocycles. The van der Waals surface area contributed by atoms with Gasteiger partial charge < -0.3 is 23.7 Å². The van der Waals surface area contributed by atoms with E-state index in [-0.39, 0.29) is 24.9 Å². The van der Waals surface area contributed by atoms with E-state index in [4.69, 9.17) is 29.2 Å². The van der Waals surface area contributed by atoms with Crippen molar-refractivity contribution in [2.45, 2.75) is 70.0 Å². The van der Waals surface area contributed by atoms with Crippen molar-refractivity contribution in [3.63, 3.8) is 0 Å². The lowest BCUT2D eigenvalue weighted by atomic mass is 9.99.